The van der Waals surface area contributed by atoms with E-state index >= 15 is 0 Å². The van der Waals surface area contributed by atoms with Gasteiger partial charge in [0.05, 0.1) is 31.5 Å². The summed E-state index contributed by atoms with van der Waals surface area (Å²) in [5, 5.41) is 10.5. The third-order valence-electron chi connectivity index (χ3n) is 5.13. The molecule has 0 amide bonds. The monoisotopic (exact) mass is 381 g/mol. The number of methoxy groups -OCH3 is 1. The average Bonchev–Trinajstić information content (AvgIpc) is 3.03. The SMILES string of the molecule is COc1ccccc1/C=C1\Oc2c(CN3CCOCC3)c(O)cc(C)c2C1=O. The second-order valence-corrected chi connectivity index (χ2v) is 6.97. The maximum absolute atomic E-state index is 13.0. The highest BCUT2D eigenvalue weighted by atomic mass is 16.5. The number of aromatic hydroxyl groups is 1. The van der Waals surface area contributed by atoms with Crippen LogP contribution in [0.3, 0.4) is 0 Å². The summed E-state index contributed by atoms with van der Waals surface area (Å²) in [5.41, 5.74) is 2.62. The van der Waals surface area contributed by atoms with Gasteiger partial charge in [-0.15, -0.1) is 0 Å². The average molecular weight is 381 g/mol. The lowest BCUT2D eigenvalue weighted by Crippen LogP contribution is -2.35. The number of hydrogen-bond donors (Lipinski definition) is 1. The topological polar surface area (TPSA) is 68.2 Å². The van der Waals surface area contributed by atoms with Crippen LogP contribution in [-0.4, -0.2) is 49.2 Å². The molecule has 2 heterocycles. The molecule has 2 aliphatic rings. The van der Waals surface area contributed by atoms with Crippen molar-refractivity contribution in [1.82, 2.24) is 4.90 Å². The number of phenolic OH excluding ortho intramolecular Hbond substituents is 1. The van der Waals surface area contributed by atoms with Crippen molar-refractivity contribution in [3.05, 3.63) is 58.3 Å². The molecule has 146 valence electrons. The molecule has 2 aliphatic heterocycles. The van der Waals surface area contributed by atoms with E-state index < -0.39 is 0 Å². The minimum atomic E-state index is -0.179. The maximum atomic E-state index is 13.0. The number of hydrogen-bond acceptors (Lipinski definition) is 6. The zero-order valence-electron chi connectivity index (χ0n) is 16.0. The summed E-state index contributed by atoms with van der Waals surface area (Å²) in [6.45, 7) is 5.19. The quantitative estimate of drug-likeness (QED) is 0.821. The van der Waals surface area contributed by atoms with E-state index in [-0.39, 0.29) is 17.3 Å². The van der Waals surface area contributed by atoms with Gasteiger partial charge in [0, 0.05) is 25.2 Å². The van der Waals surface area contributed by atoms with Crippen molar-refractivity contribution in [2.75, 3.05) is 33.4 Å². The Kier molecular flexibility index (Phi) is 5.07. The van der Waals surface area contributed by atoms with Crippen LogP contribution in [0.5, 0.6) is 17.2 Å². The molecule has 0 aromatic heterocycles. The largest absolute Gasteiger partial charge is 0.507 e. The molecule has 0 radical (unpaired) electrons. The van der Waals surface area contributed by atoms with Crippen molar-refractivity contribution in [2.24, 2.45) is 0 Å². The third kappa shape index (κ3) is 3.37. The number of benzene rings is 2. The smallest absolute Gasteiger partial charge is 0.232 e. The van der Waals surface area contributed by atoms with Crippen LogP contribution in [0.4, 0.5) is 0 Å². The summed E-state index contributed by atoms with van der Waals surface area (Å²) in [6, 6.07) is 9.09. The van der Waals surface area contributed by atoms with Crippen LogP contribution >= 0.6 is 0 Å². The van der Waals surface area contributed by atoms with Gasteiger partial charge in [-0.05, 0) is 30.7 Å². The van der Waals surface area contributed by atoms with Gasteiger partial charge in [-0.25, -0.2) is 0 Å². The van der Waals surface area contributed by atoms with Crippen molar-refractivity contribution in [3.8, 4) is 17.2 Å². The molecule has 1 fully saturated rings. The van der Waals surface area contributed by atoms with Crippen molar-refractivity contribution in [3.63, 3.8) is 0 Å². The summed E-state index contributed by atoms with van der Waals surface area (Å²) in [5.74, 6) is 1.32. The van der Waals surface area contributed by atoms with Crippen molar-refractivity contribution < 1.29 is 24.1 Å². The predicted octanol–water partition coefficient (Wildman–Crippen LogP) is 3.16. The Morgan fingerprint density at radius 3 is 2.75 bits per heavy atom. The molecule has 0 spiro atoms. The Bertz CT molecular complexity index is 944. The van der Waals surface area contributed by atoms with E-state index in [4.69, 9.17) is 14.2 Å². The van der Waals surface area contributed by atoms with Crippen LogP contribution < -0.4 is 9.47 Å². The first-order valence-electron chi connectivity index (χ1n) is 9.31. The zero-order chi connectivity index (χ0) is 19.7. The molecular formula is C22H23NO5. The van der Waals surface area contributed by atoms with E-state index in [2.05, 4.69) is 4.90 Å². The van der Waals surface area contributed by atoms with E-state index in [1.807, 2.05) is 31.2 Å². The minimum absolute atomic E-state index is 0.147. The highest BCUT2D eigenvalue weighted by molar-refractivity contribution is 6.16. The third-order valence-corrected chi connectivity index (χ3v) is 5.13. The van der Waals surface area contributed by atoms with Crippen LogP contribution in [-0.2, 0) is 11.3 Å². The lowest BCUT2D eigenvalue weighted by molar-refractivity contribution is 0.0336. The van der Waals surface area contributed by atoms with Crippen molar-refractivity contribution >= 4 is 11.9 Å². The van der Waals surface area contributed by atoms with E-state index in [1.54, 1.807) is 19.3 Å². The first-order valence-corrected chi connectivity index (χ1v) is 9.31. The molecule has 2 aromatic carbocycles. The first kappa shape index (κ1) is 18.5. The number of nitrogens with zero attached hydrogens (tertiary/aromatic N) is 1. The molecule has 6 heteroatoms. The van der Waals surface area contributed by atoms with Crippen LogP contribution in [0.15, 0.2) is 36.1 Å². The van der Waals surface area contributed by atoms with Gasteiger partial charge in [0.15, 0.2) is 5.76 Å². The zero-order valence-corrected chi connectivity index (χ0v) is 16.0. The first-order chi connectivity index (χ1) is 13.6. The summed E-state index contributed by atoms with van der Waals surface area (Å²) in [7, 11) is 1.59. The Balaban J connectivity index is 1.72. The number of ether oxygens (including phenoxy) is 3. The van der Waals surface area contributed by atoms with Gasteiger partial charge in [0.25, 0.3) is 0 Å². The summed E-state index contributed by atoms with van der Waals surface area (Å²) in [6.07, 6.45) is 1.69. The molecule has 0 saturated carbocycles. The number of ketones is 1. The molecule has 28 heavy (non-hydrogen) atoms. The molecule has 2 aromatic rings. The number of rotatable bonds is 4. The number of fused-ring (bicyclic) bond motifs is 1. The highest BCUT2D eigenvalue weighted by Crippen LogP contribution is 2.42. The normalized spacial score (nSPS) is 18.2. The highest BCUT2D eigenvalue weighted by Gasteiger charge is 2.34. The second-order valence-electron chi connectivity index (χ2n) is 6.97. The number of aryl methyl sites for hydroxylation is 1. The Hall–Kier alpha value is -2.83. The van der Waals surface area contributed by atoms with Gasteiger partial charge in [-0.3, -0.25) is 9.69 Å². The number of morpholine rings is 1. The molecular weight excluding hydrogens is 358 g/mol. The minimum Gasteiger partial charge on any atom is -0.507 e. The Morgan fingerprint density at radius 2 is 2.00 bits per heavy atom. The number of allylic oxidation sites excluding steroid dienone is 1. The molecule has 0 atom stereocenters. The molecule has 0 unspecified atom stereocenters. The predicted molar refractivity (Wildman–Crippen MR) is 105 cm³/mol. The van der Waals surface area contributed by atoms with Gasteiger partial charge < -0.3 is 19.3 Å². The number of carbonyl (C=O) groups excluding carboxylic acids is 1. The second kappa shape index (κ2) is 7.66. The van der Waals surface area contributed by atoms with Crippen molar-refractivity contribution in [1.29, 1.82) is 0 Å². The van der Waals surface area contributed by atoms with Crippen LogP contribution in [0.2, 0.25) is 0 Å². The molecule has 4 rings (SSSR count). The van der Waals surface area contributed by atoms with Crippen molar-refractivity contribution in [2.45, 2.75) is 13.5 Å². The summed E-state index contributed by atoms with van der Waals surface area (Å²) in [4.78, 5) is 15.2. The molecule has 0 aliphatic carbocycles. The maximum Gasteiger partial charge on any atom is 0.232 e. The molecule has 0 bridgehead atoms. The molecule has 1 N–H and O–H groups in total. The number of carbonyl (C=O) groups is 1. The van der Waals surface area contributed by atoms with E-state index in [1.165, 1.54) is 0 Å². The number of phenols is 1. The van der Waals surface area contributed by atoms with Gasteiger partial charge in [-0.2, -0.15) is 0 Å². The van der Waals surface area contributed by atoms with E-state index in [0.717, 1.165) is 18.7 Å². The van der Waals surface area contributed by atoms with E-state index in [9.17, 15) is 9.90 Å². The van der Waals surface area contributed by atoms with Crippen LogP contribution in [0.25, 0.3) is 6.08 Å². The fourth-order valence-corrected chi connectivity index (χ4v) is 3.64. The summed E-state index contributed by atoms with van der Waals surface area (Å²) >= 11 is 0. The van der Waals surface area contributed by atoms with E-state index in [0.29, 0.717) is 47.9 Å². The Morgan fingerprint density at radius 1 is 1.25 bits per heavy atom. The van der Waals surface area contributed by atoms with Crippen LogP contribution in [0.1, 0.15) is 27.0 Å². The van der Waals surface area contributed by atoms with Gasteiger partial charge in [-0.1, -0.05) is 18.2 Å². The lowest BCUT2D eigenvalue weighted by Gasteiger charge is -2.27. The molecule has 6 nitrogen and oxygen atoms in total. The Labute approximate surface area is 163 Å². The fourth-order valence-electron chi connectivity index (χ4n) is 3.64. The van der Waals surface area contributed by atoms with Gasteiger partial charge >= 0.3 is 0 Å². The lowest BCUT2D eigenvalue weighted by atomic mass is 9.99. The van der Waals surface area contributed by atoms with Gasteiger partial charge in [0.1, 0.15) is 17.2 Å². The molecule has 1 saturated heterocycles. The summed E-state index contributed by atoms with van der Waals surface area (Å²) < 4.78 is 16.8. The standard InChI is InChI=1S/C22H23NO5/c1-14-11-17(24)16(13-23-7-9-27-10-8-23)22-20(14)21(25)19(28-22)12-15-5-3-4-6-18(15)26-2/h3-6,11-12,24H,7-10,13H2,1-2H3/b19-12-. The fraction of sp³-hybridized carbons (Fsp3) is 0.318. The van der Waals surface area contributed by atoms with Gasteiger partial charge in [0.2, 0.25) is 5.78 Å². The number of Topliss-reactive ketones (excluding diaryl/α,β-unsaturated/α-hetero) is 1. The number of para-hydroxylation sites is 1. The van der Waals surface area contributed by atoms with Crippen LogP contribution in [0, 0.1) is 6.92 Å².